The van der Waals surface area contributed by atoms with Crippen LogP contribution < -0.4 is 14.2 Å². The van der Waals surface area contributed by atoms with Crippen molar-refractivity contribution in [2.75, 3.05) is 21.3 Å². The lowest BCUT2D eigenvalue weighted by molar-refractivity contribution is -0.135. The lowest BCUT2D eigenvalue weighted by Gasteiger charge is -2.21. The molecule has 0 saturated heterocycles. The maximum Gasteiger partial charge on any atom is 0.243 e. The summed E-state index contributed by atoms with van der Waals surface area (Å²) < 4.78 is 22.1. The van der Waals surface area contributed by atoms with E-state index in [1.165, 1.54) is 33.3 Å². The van der Waals surface area contributed by atoms with Crippen molar-refractivity contribution >= 4 is 23.4 Å². The number of benzene rings is 2. The van der Waals surface area contributed by atoms with Crippen LogP contribution in [0.15, 0.2) is 41.5 Å². The monoisotopic (exact) mass is 390 g/mol. The average Bonchev–Trinajstić information content (AvgIpc) is 3.13. The van der Waals surface area contributed by atoms with E-state index in [1.807, 2.05) is 0 Å². The molecule has 2 aromatic carbocycles. The normalized spacial score (nSPS) is 15.8. The third-order valence-corrected chi connectivity index (χ3v) is 4.28. The summed E-state index contributed by atoms with van der Waals surface area (Å²) in [5.74, 6) is 1.42. The molecule has 27 heavy (non-hydrogen) atoms. The molecular formula is C19H19ClN2O5. The van der Waals surface area contributed by atoms with E-state index in [-0.39, 0.29) is 5.91 Å². The first kappa shape index (κ1) is 18.8. The van der Waals surface area contributed by atoms with Crippen LogP contribution in [0.25, 0.3) is 0 Å². The van der Waals surface area contributed by atoms with E-state index in [1.54, 1.807) is 36.4 Å². The topological polar surface area (TPSA) is 69.6 Å². The second-order valence-electron chi connectivity index (χ2n) is 5.70. The smallest absolute Gasteiger partial charge is 0.243 e. The molecule has 1 amide bonds. The van der Waals surface area contributed by atoms with Crippen molar-refractivity contribution in [3.63, 3.8) is 0 Å². The Kier molecular flexibility index (Phi) is 5.41. The number of halogens is 1. The molecular weight excluding hydrogens is 372 g/mol. The Morgan fingerprint density at radius 1 is 1.07 bits per heavy atom. The molecule has 2 aromatic rings. The number of hydrogen-bond acceptors (Lipinski definition) is 6. The van der Waals surface area contributed by atoms with Crippen LogP contribution in [0.5, 0.6) is 17.2 Å². The molecule has 0 aromatic heterocycles. The predicted octanol–water partition coefficient (Wildman–Crippen LogP) is 3.60. The number of methoxy groups -OCH3 is 3. The van der Waals surface area contributed by atoms with E-state index in [4.69, 9.17) is 30.5 Å². The zero-order chi connectivity index (χ0) is 19.6. The third-order valence-electron chi connectivity index (χ3n) is 4.03. The fraction of sp³-hybridized carbons (Fsp3) is 0.263. The molecule has 0 fully saturated rings. The summed E-state index contributed by atoms with van der Waals surface area (Å²) in [6.07, 6.45) is -0.762. The Hall–Kier alpha value is -2.93. The van der Waals surface area contributed by atoms with Crippen molar-refractivity contribution in [1.29, 1.82) is 0 Å². The summed E-state index contributed by atoms with van der Waals surface area (Å²) in [6, 6.07) is 10.5. The number of amides is 1. The Labute approximate surface area is 162 Å². The summed E-state index contributed by atoms with van der Waals surface area (Å²) in [5, 5.41) is 6.19. The summed E-state index contributed by atoms with van der Waals surface area (Å²) in [7, 11) is 4.57. The third kappa shape index (κ3) is 3.64. The van der Waals surface area contributed by atoms with Crippen LogP contribution in [-0.2, 0) is 9.53 Å². The Balaban J connectivity index is 2.01. The molecule has 8 heteroatoms. The van der Waals surface area contributed by atoms with Gasteiger partial charge in [0.05, 0.1) is 21.3 Å². The van der Waals surface area contributed by atoms with Crippen LogP contribution in [-0.4, -0.2) is 38.1 Å². The molecule has 0 saturated carbocycles. The van der Waals surface area contributed by atoms with Crippen molar-refractivity contribution in [1.82, 2.24) is 5.01 Å². The standard InChI is InChI=1S/C19H19ClN2O5/c1-11(23)22-19(27-18(21-22)12-5-7-14(20)8-6-12)13-9-15(24-2)17(26-4)16(10-13)25-3/h5-10,19H,1-4H3. The number of hydrogen-bond donors (Lipinski definition) is 0. The Bertz CT molecular complexity index is 857. The molecule has 1 aliphatic heterocycles. The minimum atomic E-state index is -0.762. The molecule has 0 bridgehead atoms. The first-order chi connectivity index (χ1) is 13.0. The Morgan fingerprint density at radius 2 is 1.67 bits per heavy atom. The lowest BCUT2D eigenvalue weighted by Crippen LogP contribution is -2.25. The van der Waals surface area contributed by atoms with Crippen molar-refractivity contribution in [2.45, 2.75) is 13.2 Å². The molecule has 0 spiro atoms. The van der Waals surface area contributed by atoms with Gasteiger partial charge in [-0.25, -0.2) is 0 Å². The van der Waals surface area contributed by atoms with Gasteiger partial charge < -0.3 is 18.9 Å². The number of nitrogens with zero attached hydrogens (tertiary/aromatic N) is 2. The predicted molar refractivity (Wildman–Crippen MR) is 100 cm³/mol. The molecule has 1 atom stereocenters. The zero-order valence-corrected chi connectivity index (χ0v) is 16.1. The van der Waals surface area contributed by atoms with Gasteiger partial charge in [0.25, 0.3) is 0 Å². The maximum atomic E-state index is 12.1. The maximum absolute atomic E-state index is 12.1. The minimum absolute atomic E-state index is 0.266. The van der Waals surface area contributed by atoms with Crippen LogP contribution in [0.2, 0.25) is 5.02 Å². The van der Waals surface area contributed by atoms with Crippen LogP contribution in [0.1, 0.15) is 24.3 Å². The molecule has 1 aliphatic rings. The number of hydrazone groups is 1. The van der Waals surface area contributed by atoms with Gasteiger partial charge in [-0.15, -0.1) is 5.10 Å². The highest BCUT2D eigenvalue weighted by Crippen LogP contribution is 2.42. The van der Waals surface area contributed by atoms with Crippen molar-refractivity contribution < 1.29 is 23.7 Å². The van der Waals surface area contributed by atoms with Gasteiger partial charge in [-0.05, 0) is 36.4 Å². The van der Waals surface area contributed by atoms with E-state index >= 15 is 0 Å². The van der Waals surface area contributed by atoms with Gasteiger partial charge in [0.2, 0.25) is 23.8 Å². The van der Waals surface area contributed by atoms with Gasteiger partial charge in [0, 0.05) is 23.1 Å². The van der Waals surface area contributed by atoms with E-state index in [0.29, 0.717) is 39.3 Å². The van der Waals surface area contributed by atoms with Gasteiger partial charge in [-0.3, -0.25) is 4.79 Å². The van der Waals surface area contributed by atoms with Crippen LogP contribution in [0, 0.1) is 0 Å². The number of carbonyl (C=O) groups is 1. The van der Waals surface area contributed by atoms with Gasteiger partial charge in [-0.1, -0.05) is 11.6 Å². The van der Waals surface area contributed by atoms with Crippen molar-refractivity contribution in [3.05, 3.63) is 52.5 Å². The first-order valence-corrected chi connectivity index (χ1v) is 8.47. The van der Waals surface area contributed by atoms with E-state index in [0.717, 1.165) is 0 Å². The van der Waals surface area contributed by atoms with Gasteiger partial charge >= 0.3 is 0 Å². The number of carbonyl (C=O) groups excluding carboxylic acids is 1. The fourth-order valence-corrected chi connectivity index (χ4v) is 2.86. The second kappa shape index (κ2) is 7.75. The molecule has 142 valence electrons. The highest BCUT2D eigenvalue weighted by atomic mass is 35.5. The fourth-order valence-electron chi connectivity index (χ4n) is 2.74. The van der Waals surface area contributed by atoms with E-state index < -0.39 is 6.23 Å². The molecule has 0 radical (unpaired) electrons. The van der Waals surface area contributed by atoms with Gasteiger partial charge in [0.1, 0.15) is 0 Å². The summed E-state index contributed by atoms with van der Waals surface area (Å²) >= 11 is 5.93. The molecule has 3 rings (SSSR count). The Morgan fingerprint density at radius 3 is 2.15 bits per heavy atom. The molecule has 7 nitrogen and oxygen atoms in total. The quantitative estimate of drug-likeness (QED) is 0.780. The zero-order valence-electron chi connectivity index (χ0n) is 15.4. The van der Waals surface area contributed by atoms with Crippen LogP contribution in [0.4, 0.5) is 0 Å². The highest BCUT2D eigenvalue weighted by Gasteiger charge is 2.34. The number of rotatable bonds is 5. The summed E-state index contributed by atoms with van der Waals surface area (Å²) in [5.41, 5.74) is 1.34. The van der Waals surface area contributed by atoms with E-state index in [9.17, 15) is 4.79 Å². The van der Waals surface area contributed by atoms with Crippen LogP contribution >= 0.6 is 11.6 Å². The minimum Gasteiger partial charge on any atom is -0.493 e. The molecule has 0 N–H and O–H groups in total. The van der Waals surface area contributed by atoms with Crippen molar-refractivity contribution in [3.8, 4) is 17.2 Å². The van der Waals surface area contributed by atoms with Gasteiger partial charge in [-0.2, -0.15) is 5.01 Å². The highest BCUT2D eigenvalue weighted by molar-refractivity contribution is 6.30. The molecule has 1 heterocycles. The first-order valence-electron chi connectivity index (χ1n) is 8.09. The lowest BCUT2D eigenvalue weighted by atomic mass is 10.1. The van der Waals surface area contributed by atoms with Crippen LogP contribution in [0.3, 0.4) is 0 Å². The number of ether oxygens (including phenoxy) is 4. The second-order valence-corrected chi connectivity index (χ2v) is 6.14. The largest absolute Gasteiger partial charge is 0.493 e. The molecule has 1 unspecified atom stereocenters. The SMILES string of the molecule is COc1cc(C2OC(c3ccc(Cl)cc3)=NN2C(C)=O)cc(OC)c1OC. The average molecular weight is 391 g/mol. The molecule has 0 aliphatic carbocycles. The van der Waals surface area contributed by atoms with Crippen molar-refractivity contribution in [2.24, 2.45) is 5.10 Å². The summed E-state index contributed by atoms with van der Waals surface area (Å²) in [4.78, 5) is 12.1. The van der Waals surface area contributed by atoms with E-state index in [2.05, 4.69) is 5.10 Å². The van der Waals surface area contributed by atoms with Gasteiger partial charge in [0.15, 0.2) is 11.5 Å². The summed E-state index contributed by atoms with van der Waals surface area (Å²) in [6.45, 7) is 1.42.